The Balaban J connectivity index is 2.82. The molecule has 0 fully saturated rings. The summed E-state index contributed by atoms with van der Waals surface area (Å²) in [6, 6.07) is 0. The summed E-state index contributed by atoms with van der Waals surface area (Å²) in [4.78, 5) is 0. The normalized spacial score (nSPS) is 10.2. The molecule has 3 nitrogen and oxygen atoms in total. The Bertz CT molecular complexity index is 88.4. The molecule has 12 heavy (non-hydrogen) atoms. The molecule has 0 saturated heterocycles. The van der Waals surface area contributed by atoms with Gasteiger partial charge in [0.1, 0.15) is 0 Å². The Labute approximate surface area is 74.9 Å². The van der Waals surface area contributed by atoms with Crippen LogP contribution in [0.15, 0.2) is 0 Å². The van der Waals surface area contributed by atoms with Crippen molar-refractivity contribution in [3.05, 3.63) is 0 Å². The Hall–Kier alpha value is -0.0551. The first-order chi connectivity index (χ1) is 5.77. The highest BCUT2D eigenvalue weighted by Crippen LogP contribution is 2.01. The van der Waals surface area contributed by atoms with Crippen molar-refractivity contribution in [2.75, 3.05) is 13.1 Å². The molecule has 0 heterocycles. The van der Waals surface area contributed by atoms with Gasteiger partial charge in [-0.05, 0) is 6.42 Å². The van der Waals surface area contributed by atoms with E-state index in [4.69, 9.17) is 14.8 Å². The van der Waals surface area contributed by atoms with Crippen LogP contribution in [0.2, 0.25) is 0 Å². The van der Waals surface area contributed by atoms with Crippen LogP contribution in [0.1, 0.15) is 39.0 Å². The predicted octanol–water partition coefficient (Wildman–Crippen LogP) is 0.985. The molecular formula is C8H19BO3. The van der Waals surface area contributed by atoms with E-state index in [0.29, 0.717) is 6.61 Å². The zero-order valence-corrected chi connectivity index (χ0v) is 7.83. The lowest BCUT2D eigenvalue weighted by Crippen LogP contribution is -2.20. The Morgan fingerprint density at radius 2 is 1.75 bits per heavy atom. The Morgan fingerprint density at radius 1 is 1.08 bits per heavy atom. The molecule has 0 aromatic rings. The van der Waals surface area contributed by atoms with Crippen molar-refractivity contribution in [3.63, 3.8) is 0 Å². The molecule has 0 aromatic carbocycles. The molecule has 0 aliphatic carbocycles. The van der Waals surface area contributed by atoms with Crippen molar-refractivity contribution >= 4 is 7.12 Å². The second-order valence-corrected chi connectivity index (χ2v) is 2.97. The molecule has 0 aliphatic heterocycles. The highest BCUT2D eigenvalue weighted by molar-refractivity contribution is 6.40. The van der Waals surface area contributed by atoms with Crippen molar-refractivity contribution in [1.29, 1.82) is 0 Å². The maximum absolute atomic E-state index is 8.42. The van der Waals surface area contributed by atoms with E-state index in [1.807, 2.05) is 0 Å². The van der Waals surface area contributed by atoms with Crippen molar-refractivity contribution in [2.45, 2.75) is 39.0 Å². The molecule has 0 spiro atoms. The van der Waals surface area contributed by atoms with E-state index in [-0.39, 0.29) is 6.51 Å². The van der Waals surface area contributed by atoms with E-state index in [9.17, 15) is 0 Å². The Morgan fingerprint density at radius 3 is 2.33 bits per heavy atom. The molecule has 0 aliphatic rings. The first-order valence-corrected chi connectivity index (χ1v) is 4.71. The van der Waals surface area contributed by atoms with Crippen LogP contribution in [0, 0.1) is 0 Å². The molecule has 0 bridgehead atoms. The summed E-state index contributed by atoms with van der Waals surface area (Å²) in [5.41, 5.74) is 0. The van der Waals surface area contributed by atoms with Crippen molar-refractivity contribution in [3.8, 4) is 0 Å². The smallest absolute Gasteiger partial charge is 0.426 e. The van der Waals surface area contributed by atoms with Crippen LogP contribution in [-0.4, -0.2) is 30.3 Å². The van der Waals surface area contributed by atoms with E-state index in [2.05, 4.69) is 6.92 Å². The third-order valence-electron chi connectivity index (χ3n) is 1.66. The number of rotatable bonds is 8. The fraction of sp³-hybridized carbons (Fsp3) is 1.00. The largest absolute Gasteiger partial charge is 0.479 e. The molecular weight excluding hydrogens is 155 g/mol. The van der Waals surface area contributed by atoms with Gasteiger partial charge in [-0.1, -0.05) is 32.6 Å². The monoisotopic (exact) mass is 174 g/mol. The zero-order valence-electron chi connectivity index (χ0n) is 7.83. The zero-order chi connectivity index (χ0) is 9.23. The van der Waals surface area contributed by atoms with Crippen molar-refractivity contribution in [1.82, 2.24) is 0 Å². The average molecular weight is 174 g/mol. The SMILES string of the molecule is CCCCCCCOCB(O)O. The lowest BCUT2D eigenvalue weighted by molar-refractivity contribution is 0.149. The van der Waals surface area contributed by atoms with Gasteiger partial charge in [0.15, 0.2) is 0 Å². The number of unbranched alkanes of at least 4 members (excludes halogenated alkanes) is 4. The van der Waals surface area contributed by atoms with Crippen molar-refractivity contribution in [2.24, 2.45) is 0 Å². The van der Waals surface area contributed by atoms with Crippen LogP contribution in [0.25, 0.3) is 0 Å². The van der Waals surface area contributed by atoms with E-state index < -0.39 is 7.12 Å². The van der Waals surface area contributed by atoms with Crippen LogP contribution in [0.4, 0.5) is 0 Å². The molecule has 0 rings (SSSR count). The first kappa shape index (κ1) is 11.9. The van der Waals surface area contributed by atoms with Gasteiger partial charge in [-0.25, -0.2) is 0 Å². The van der Waals surface area contributed by atoms with E-state index in [1.165, 1.54) is 25.7 Å². The van der Waals surface area contributed by atoms with E-state index in [0.717, 1.165) is 6.42 Å². The minimum atomic E-state index is -1.32. The van der Waals surface area contributed by atoms with Gasteiger partial charge in [0.05, 0.1) is 6.51 Å². The van der Waals surface area contributed by atoms with Gasteiger partial charge in [-0.3, -0.25) is 0 Å². The number of hydrogen-bond acceptors (Lipinski definition) is 3. The second-order valence-electron chi connectivity index (χ2n) is 2.97. The van der Waals surface area contributed by atoms with Crippen molar-refractivity contribution < 1.29 is 14.8 Å². The fourth-order valence-corrected chi connectivity index (χ4v) is 0.996. The van der Waals surface area contributed by atoms with Crippen LogP contribution in [-0.2, 0) is 4.74 Å². The maximum Gasteiger partial charge on any atom is 0.479 e. The maximum atomic E-state index is 8.42. The van der Waals surface area contributed by atoms with Crippen LogP contribution in [0.3, 0.4) is 0 Å². The summed E-state index contributed by atoms with van der Waals surface area (Å²) in [6.07, 6.45) is 5.97. The fourth-order valence-electron chi connectivity index (χ4n) is 0.996. The summed E-state index contributed by atoms with van der Waals surface area (Å²) in [5.74, 6) is 0. The highest BCUT2D eigenvalue weighted by atomic mass is 16.5. The standard InChI is InChI=1S/C8H19BO3/c1-2-3-4-5-6-7-12-8-9(10)11/h10-11H,2-8H2,1H3. The average Bonchev–Trinajstić information content (AvgIpc) is 2.02. The summed E-state index contributed by atoms with van der Waals surface area (Å²) in [7, 11) is -1.32. The van der Waals surface area contributed by atoms with Gasteiger partial charge in [-0.15, -0.1) is 0 Å². The van der Waals surface area contributed by atoms with Gasteiger partial charge in [-0.2, -0.15) is 0 Å². The van der Waals surface area contributed by atoms with Gasteiger partial charge in [0.25, 0.3) is 0 Å². The molecule has 4 heteroatoms. The first-order valence-electron chi connectivity index (χ1n) is 4.71. The highest BCUT2D eigenvalue weighted by Gasteiger charge is 2.04. The molecule has 0 aromatic heterocycles. The van der Waals surface area contributed by atoms with Gasteiger partial charge < -0.3 is 14.8 Å². The molecule has 0 saturated carbocycles. The summed E-state index contributed by atoms with van der Waals surface area (Å²) in [6.45, 7) is 2.85. The third kappa shape index (κ3) is 9.94. The van der Waals surface area contributed by atoms with E-state index in [1.54, 1.807) is 0 Å². The molecule has 0 atom stereocenters. The Kier molecular flexibility index (Phi) is 8.99. The molecule has 0 radical (unpaired) electrons. The molecule has 2 N–H and O–H groups in total. The number of ether oxygens (including phenoxy) is 1. The topological polar surface area (TPSA) is 49.7 Å². The molecule has 72 valence electrons. The number of hydrogen-bond donors (Lipinski definition) is 2. The predicted molar refractivity (Wildman–Crippen MR) is 49.8 cm³/mol. The van der Waals surface area contributed by atoms with E-state index >= 15 is 0 Å². The van der Waals surface area contributed by atoms with Crippen LogP contribution >= 0.6 is 0 Å². The van der Waals surface area contributed by atoms with Gasteiger partial charge in [0, 0.05) is 6.61 Å². The second kappa shape index (κ2) is 9.04. The van der Waals surface area contributed by atoms with Crippen LogP contribution in [0.5, 0.6) is 0 Å². The molecule has 0 unspecified atom stereocenters. The van der Waals surface area contributed by atoms with Gasteiger partial charge >= 0.3 is 7.12 Å². The third-order valence-corrected chi connectivity index (χ3v) is 1.66. The molecule has 0 amide bonds. The minimum absolute atomic E-state index is 0.0355. The quantitative estimate of drug-likeness (QED) is 0.426. The lowest BCUT2D eigenvalue weighted by atomic mass is 9.95. The van der Waals surface area contributed by atoms with Gasteiger partial charge in [0.2, 0.25) is 0 Å². The summed E-state index contributed by atoms with van der Waals surface area (Å²) >= 11 is 0. The summed E-state index contributed by atoms with van der Waals surface area (Å²) < 4.78 is 4.98. The van der Waals surface area contributed by atoms with Crippen LogP contribution < -0.4 is 0 Å². The lowest BCUT2D eigenvalue weighted by Gasteiger charge is -2.02. The minimum Gasteiger partial charge on any atom is -0.426 e. The summed E-state index contributed by atoms with van der Waals surface area (Å²) in [5, 5.41) is 16.8.